The van der Waals surface area contributed by atoms with Crippen LogP contribution in [0.25, 0.3) is 11.4 Å². The van der Waals surface area contributed by atoms with Gasteiger partial charge in [0.2, 0.25) is 0 Å². The summed E-state index contributed by atoms with van der Waals surface area (Å²) in [6.45, 7) is 4.59. The number of tetrazole rings is 1. The van der Waals surface area contributed by atoms with Crippen LogP contribution in [0, 0.1) is 13.8 Å². The zero-order chi connectivity index (χ0) is 15.5. The van der Waals surface area contributed by atoms with Crippen molar-refractivity contribution in [1.29, 1.82) is 0 Å². The van der Waals surface area contributed by atoms with E-state index in [1.54, 1.807) is 4.68 Å². The highest BCUT2D eigenvalue weighted by Gasteiger charge is 2.11. The summed E-state index contributed by atoms with van der Waals surface area (Å²) in [5, 5.41) is 11.7. The van der Waals surface area contributed by atoms with Gasteiger partial charge in [-0.3, -0.25) is 0 Å². The SMILES string of the molecule is Cc1ccc(C)c(OCc2ccccc2-c2nnnn2C)c1. The van der Waals surface area contributed by atoms with Gasteiger partial charge in [-0.1, -0.05) is 36.4 Å². The third-order valence-corrected chi connectivity index (χ3v) is 3.61. The van der Waals surface area contributed by atoms with Crippen molar-refractivity contribution in [2.75, 3.05) is 0 Å². The molecule has 0 fully saturated rings. The molecule has 0 amide bonds. The topological polar surface area (TPSA) is 52.8 Å². The van der Waals surface area contributed by atoms with Gasteiger partial charge in [-0.25, -0.2) is 4.68 Å². The molecule has 5 heteroatoms. The van der Waals surface area contributed by atoms with Gasteiger partial charge in [0.05, 0.1) is 0 Å². The Balaban J connectivity index is 1.87. The smallest absolute Gasteiger partial charge is 0.182 e. The van der Waals surface area contributed by atoms with E-state index in [-0.39, 0.29) is 0 Å². The van der Waals surface area contributed by atoms with Gasteiger partial charge in [0.25, 0.3) is 0 Å². The van der Waals surface area contributed by atoms with Gasteiger partial charge in [-0.2, -0.15) is 0 Å². The molecule has 1 heterocycles. The van der Waals surface area contributed by atoms with Crippen LogP contribution in [0.3, 0.4) is 0 Å². The van der Waals surface area contributed by atoms with E-state index in [0.717, 1.165) is 28.3 Å². The maximum atomic E-state index is 6.00. The summed E-state index contributed by atoms with van der Waals surface area (Å²) in [7, 11) is 1.83. The van der Waals surface area contributed by atoms with Gasteiger partial charge in [-0.15, -0.1) is 5.10 Å². The van der Waals surface area contributed by atoms with E-state index in [9.17, 15) is 0 Å². The van der Waals surface area contributed by atoms with Gasteiger partial charge >= 0.3 is 0 Å². The highest BCUT2D eigenvalue weighted by Crippen LogP contribution is 2.24. The Morgan fingerprint density at radius 3 is 2.68 bits per heavy atom. The van der Waals surface area contributed by atoms with Crippen LogP contribution < -0.4 is 4.74 Å². The number of ether oxygens (including phenoxy) is 1. The maximum Gasteiger partial charge on any atom is 0.182 e. The molecule has 0 unspecified atom stereocenters. The fourth-order valence-electron chi connectivity index (χ4n) is 2.34. The zero-order valence-electron chi connectivity index (χ0n) is 12.9. The number of hydrogen-bond donors (Lipinski definition) is 0. The largest absolute Gasteiger partial charge is 0.489 e. The predicted octanol–water partition coefficient (Wildman–Crippen LogP) is 3.07. The summed E-state index contributed by atoms with van der Waals surface area (Å²) in [6, 6.07) is 14.2. The fraction of sp³-hybridized carbons (Fsp3) is 0.235. The lowest BCUT2D eigenvalue weighted by Crippen LogP contribution is -2.02. The van der Waals surface area contributed by atoms with Crippen LogP contribution in [-0.2, 0) is 13.7 Å². The molecule has 0 aliphatic heterocycles. The first kappa shape index (κ1) is 14.3. The zero-order valence-corrected chi connectivity index (χ0v) is 12.9. The molecule has 22 heavy (non-hydrogen) atoms. The molecular weight excluding hydrogens is 276 g/mol. The summed E-state index contributed by atoms with van der Waals surface area (Å²) in [5.41, 5.74) is 4.36. The van der Waals surface area contributed by atoms with Crippen molar-refractivity contribution in [3.63, 3.8) is 0 Å². The van der Waals surface area contributed by atoms with Crippen LogP contribution in [0.2, 0.25) is 0 Å². The quantitative estimate of drug-likeness (QED) is 0.742. The maximum absolute atomic E-state index is 6.00. The van der Waals surface area contributed by atoms with Crippen molar-refractivity contribution in [2.24, 2.45) is 7.05 Å². The second-order valence-electron chi connectivity index (χ2n) is 5.34. The first-order chi connectivity index (χ1) is 10.6. The third-order valence-electron chi connectivity index (χ3n) is 3.61. The third kappa shape index (κ3) is 2.83. The summed E-state index contributed by atoms with van der Waals surface area (Å²) >= 11 is 0. The molecule has 0 N–H and O–H groups in total. The monoisotopic (exact) mass is 294 g/mol. The van der Waals surface area contributed by atoms with Gasteiger partial charge in [-0.05, 0) is 41.5 Å². The molecule has 112 valence electrons. The Morgan fingerprint density at radius 1 is 1.09 bits per heavy atom. The van der Waals surface area contributed by atoms with Crippen LogP contribution in [-0.4, -0.2) is 20.2 Å². The molecule has 2 aromatic carbocycles. The van der Waals surface area contributed by atoms with Crippen molar-refractivity contribution in [3.05, 3.63) is 59.2 Å². The van der Waals surface area contributed by atoms with Gasteiger partial charge in [0, 0.05) is 18.2 Å². The minimum Gasteiger partial charge on any atom is -0.489 e. The number of nitrogens with zero attached hydrogens (tertiary/aromatic N) is 4. The number of aromatic nitrogens is 4. The van der Waals surface area contributed by atoms with Crippen molar-refractivity contribution >= 4 is 0 Å². The number of benzene rings is 2. The lowest BCUT2D eigenvalue weighted by atomic mass is 10.1. The molecule has 5 nitrogen and oxygen atoms in total. The minimum atomic E-state index is 0.479. The molecule has 0 aliphatic rings. The summed E-state index contributed by atoms with van der Waals surface area (Å²) in [4.78, 5) is 0. The highest BCUT2D eigenvalue weighted by molar-refractivity contribution is 5.59. The summed E-state index contributed by atoms with van der Waals surface area (Å²) < 4.78 is 7.67. The molecule has 1 aromatic heterocycles. The highest BCUT2D eigenvalue weighted by atomic mass is 16.5. The minimum absolute atomic E-state index is 0.479. The Hall–Kier alpha value is -2.69. The Labute approximate surface area is 129 Å². The van der Waals surface area contributed by atoms with E-state index in [4.69, 9.17) is 4.74 Å². The summed E-state index contributed by atoms with van der Waals surface area (Å²) in [6.07, 6.45) is 0. The average molecular weight is 294 g/mol. The first-order valence-electron chi connectivity index (χ1n) is 7.16. The predicted molar refractivity (Wildman–Crippen MR) is 84.5 cm³/mol. The van der Waals surface area contributed by atoms with Crippen molar-refractivity contribution in [3.8, 4) is 17.1 Å². The van der Waals surface area contributed by atoms with E-state index < -0.39 is 0 Å². The van der Waals surface area contributed by atoms with Gasteiger partial charge < -0.3 is 4.74 Å². The Kier molecular flexibility index (Phi) is 3.87. The average Bonchev–Trinajstić information content (AvgIpc) is 2.94. The second-order valence-corrected chi connectivity index (χ2v) is 5.34. The molecule has 0 bridgehead atoms. The molecule has 0 saturated heterocycles. The van der Waals surface area contributed by atoms with Crippen molar-refractivity contribution in [1.82, 2.24) is 20.2 Å². The molecule has 0 atom stereocenters. The number of rotatable bonds is 4. The Morgan fingerprint density at radius 2 is 1.91 bits per heavy atom. The molecule has 0 radical (unpaired) electrons. The van der Waals surface area contributed by atoms with Crippen molar-refractivity contribution in [2.45, 2.75) is 20.5 Å². The molecule has 0 spiro atoms. The van der Waals surface area contributed by atoms with Crippen LogP contribution in [0.1, 0.15) is 16.7 Å². The normalized spacial score (nSPS) is 10.7. The van der Waals surface area contributed by atoms with Gasteiger partial charge in [0.1, 0.15) is 12.4 Å². The van der Waals surface area contributed by atoms with Crippen LogP contribution in [0.4, 0.5) is 0 Å². The van der Waals surface area contributed by atoms with E-state index in [1.807, 2.05) is 38.2 Å². The van der Waals surface area contributed by atoms with E-state index in [1.165, 1.54) is 5.56 Å². The number of hydrogen-bond acceptors (Lipinski definition) is 4. The lowest BCUT2D eigenvalue weighted by molar-refractivity contribution is 0.304. The Bertz CT molecular complexity index is 795. The second kappa shape index (κ2) is 5.97. The van der Waals surface area contributed by atoms with E-state index >= 15 is 0 Å². The van der Waals surface area contributed by atoms with E-state index in [2.05, 4.69) is 40.6 Å². The van der Waals surface area contributed by atoms with Crippen LogP contribution >= 0.6 is 0 Å². The van der Waals surface area contributed by atoms with E-state index in [0.29, 0.717) is 6.61 Å². The molecule has 3 rings (SSSR count). The molecule has 0 saturated carbocycles. The van der Waals surface area contributed by atoms with Crippen molar-refractivity contribution < 1.29 is 4.74 Å². The van der Waals surface area contributed by atoms with Gasteiger partial charge in [0.15, 0.2) is 5.82 Å². The lowest BCUT2D eigenvalue weighted by Gasteiger charge is -2.12. The molecular formula is C17H18N4O. The number of aryl methyl sites for hydroxylation is 3. The molecule has 3 aromatic rings. The van der Waals surface area contributed by atoms with Crippen LogP contribution in [0.5, 0.6) is 5.75 Å². The standard InChI is InChI=1S/C17H18N4O/c1-12-8-9-13(2)16(10-12)22-11-14-6-4-5-7-15(14)17-18-19-20-21(17)3/h4-10H,11H2,1-3H3. The molecule has 0 aliphatic carbocycles. The summed E-state index contributed by atoms with van der Waals surface area (Å²) in [5.74, 6) is 1.64. The first-order valence-corrected chi connectivity index (χ1v) is 7.16. The van der Waals surface area contributed by atoms with Crippen LogP contribution in [0.15, 0.2) is 42.5 Å². The fourth-order valence-corrected chi connectivity index (χ4v) is 2.34.